The molecule has 3 aromatic rings. The lowest BCUT2D eigenvalue weighted by molar-refractivity contribution is -0.143. The second-order valence-corrected chi connectivity index (χ2v) is 7.36. The van der Waals surface area contributed by atoms with Crippen molar-refractivity contribution in [1.82, 2.24) is 19.2 Å². The molecular formula is C15H10F6N4S2. The molecule has 0 saturated carbocycles. The van der Waals surface area contributed by atoms with Gasteiger partial charge in [0.1, 0.15) is 6.33 Å². The Morgan fingerprint density at radius 3 is 2.19 bits per heavy atom. The topological polar surface area (TPSA) is 43.6 Å². The average molecular weight is 424 g/mol. The lowest BCUT2D eigenvalue weighted by Crippen LogP contribution is -2.11. The first kappa shape index (κ1) is 19.7. The molecule has 3 rings (SSSR count). The second-order valence-electron chi connectivity index (χ2n) is 5.30. The van der Waals surface area contributed by atoms with E-state index in [0.29, 0.717) is 28.7 Å². The van der Waals surface area contributed by atoms with Crippen molar-refractivity contribution < 1.29 is 26.3 Å². The van der Waals surface area contributed by atoms with E-state index in [1.54, 1.807) is 0 Å². The van der Waals surface area contributed by atoms with E-state index in [4.69, 9.17) is 0 Å². The van der Waals surface area contributed by atoms with E-state index >= 15 is 0 Å². The maximum atomic E-state index is 13.0. The van der Waals surface area contributed by atoms with Crippen LogP contribution in [-0.2, 0) is 18.8 Å². The Balaban J connectivity index is 1.95. The summed E-state index contributed by atoms with van der Waals surface area (Å²) in [6, 6.07) is 1.40. The van der Waals surface area contributed by atoms with Gasteiger partial charge in [-0.05, 0) is 18.2 Å². The maximum Gasteiger partial charge on any atom is 0.416 e. The Kier molecular flexibility index (Phi) is 5.21. The van der Waals surface area contributed by atoms with Gasteiger partial charge in [0, 0.05) is 29.3 Å². The zero-order chi connectivity index (χ0) is 19.8. The Hall–Kier alpha value is -2.08. The van der Waals surface area contributed by atoms with Crippen molar-refractivity contribution in [2.75, 3.05) is 0 Å². The zero-order valence-corrected chi connectivity index (χ0v) is 15.1. The lowest BCUT2D eigenvalue weighted by atomic mass is 10.0. The Morgan fingerprint density at radius 1 is 1.04 bits per heavy atom. The number of hydrogen-bond donors (Lipinski definition) is 0. The summed E-state index contributed by atoms with van der Waals surface area (Å²) in [7, 11) is 0. The number of hydrogen-bond acceptors (Lipinski definition) is 5. The molecule has 0 spiro atoms. The lowest BCUT2D eigenvalue weighted by Gasteiger charge is -2.13. The van der Waals surface area contributed by atoms with E-state index in [1.807, 2.05) is 6.92 Å². The van der Waals surface area contributed by atoms with Gasteiger partial charge in [0.05, 0.1) is 16.8 Å². The third-order valence-corrected chi connectivity index (χ3v) is 5.13. The van der Waals surface area contributed by atoms with Crippen LogP contribution in [-0.4, -0.2) is 19.2 Å². The van der Waals surface area contributed by atoms with Gasteiger partial charge < -0.3 is 0 Å². The molecule has 144 valence electrons. The standard InChI is InChI=1S/C15H10F6N4S2/c1-2-12-22-7-25(24-12)27-13-23-11(6-26-13)8-3-9(14(16,17)18)5-10(4-8)15(19,20)21/h3-7H,2H2,1H3. The Morgan fingerprint density at radius 2 is 1.67 bits per heavy atom. The van der Waals surface area contributed by atoms with Gasteiger partial charge in [0.15, 0.2) is 10.2 Å². The molecule has 0 aliphatic rings. The average Bonchev–Trinajstić information content (AvgIpc) is 3.22. The molecule has 0 radical (unpaired) electrons. The number of alkyl halides is 6. The highest BCUT2D eigenvalue weighted by Gasteiger charge is 2.37. The van der Waals surface area contributed by atoms with Crippen LogP contribution in [0.25, 0.3) is 11.3 Å². The molecule has 2 heterocycles. The van der Waals surface area contributed by atoms with Crippen LogP contribution < -0.4 is 0 Å². The van der Waals surface area contributed by atoms with Gasteiger partial charge in [-0.15, -0.1) is 16.4 Å². The maximum absolute atomic E-state index is 13.0. The zero-order valence-electron chi connectivity index (χ0n) is 13.5. The summed E-state index contributed by atoms with van der Waals surface area (Å²) in [4.78, 5) is 8.15. The van der Waals surface area contributed by atoms with Crippen molar-refractivity contribution >= 4 is 23.3 Å². The van der Waals surface area contributed by atoms with Gasteiger partial charge in [-0.2, -0.15) is 30.4 Å². The van der Waals surface area contributed by atoms with Crippen LogP contribution in [0.1, 0.15) is 23.9 Å². The number of aryl methyl sites for hydroxylation is 1. The molecule has 4 nitrogen and oxygen atoms in total. The van der Waals surface area contributed by atoms with E-state index < -0.39 is 23.5 Å². The first-order chi connectivity index (χ1) is 12.6. The van der Waals surface area contributed by atoms with Crippen LogP contribution in [0, 0.1) is 0 Å². The highest BCUT2D eigenvalue weighted by atomic mass is 32.2. The molecule has 2 aromatic heterocycles. The summed E-state index contributed by atoms with van der Waals surface area (Å²) < 4.78 is 79.7. The first-order valence-electron chi connectivity index (χ1n) is 7.40. The van der Waals surface area contributed by atoms with E-state index in [-0.39, 0.29) is 17.3 Å². The van der Waals surface area contributed by atoms with Crippen LogP contribution in [0.2, 0.25) is 0 Å². The molecule has 27 heavy (non-hydrogen) atoms. The molecule has 0 aliphatic carbocycles. The predicted molar refractivity (Wildman–Crippen MR) is 88.2 cm³/mol. The van der Waals surface area contributed by atoms with Crippen molar-refractivity contribution in [2.24, 2.45) is 0 Å². The van der Waals surface area contributed by atoms with Gasteiger partial charge in [0.2, 0.25) is 0 Å². The summed E-state index contributed by atoms with van der Waals surface area (Å²) >= 11 is 2.15. The molecule has 0 N–H and O–H groups in total. The highest BCUT2D eigenvalue weighted by Crippen LogP contribution is 2.39. The third-order valence-electron chi connectivity index (χ3n) is 3.37. The SMILES string of the molecule is CCc1ncn(Sc2nc(-c3cc(C(F)(F)F)cc(C(F)(F)F)c3)cs2)n1. The van der Waals surface area contributed by atoms with Gasteiger partial charge in [-0.3, -0.25) is 0 Å². The van der Waals surface area contributed by atoms with E-state index in [0.717, 1.165) is 23.3 Å². The van der Waals surface area contributed by atoms with Gasteiger partial charge >= 0.3 is 12.4 Å². The third kappa shape index (κ3) is 4.61. The number of aromatic nitrogens is 4. The largest absolute Gasteiger partial charge is 0.416 e. The molecule has 0 aliphatic heterocycles. The van der Waals surface area contributed by atoms with Crippen LogP contribution in [0.3, 0.4) is 0 Å². The quantitative estimate of drug-likeness (QED) is 0.515. The van der Waals surface area contributed by atoms with E-state index in [2.05, 4.69) is 15.1 Å². The summed E-state index contributed by atoms with van der Waals surface area (Å²) in [5.74, 6) is 0.604. The predicted octanol–water partition coefficient (Wildman–Crippen LogP) is 5.56. The molecule has 0 atom stereocenters. The minimum Gasteiger partial charge on any atom is -0.228 e. The summed E-state index contributed by atoms with van der Waals surface area (Å²) in [6.45, 7) is 1.87. The second kappa shape index (κ2) is 7.15. The number of thiazole rings is 1. The fraction of sp³-hybridized carbons (Fsp3) is 0.267. The van der Waals surface area contributed by atoms with Gasteiger partial charge in [-0.25, -0.2) is 9.97 Å². The van der Waals surface area contributed by atoms with Gasteiger partial charge in [0.25, 0.3) is 0 Å². The Bertz CT molecular complexity index is 912. The molecule has 0 unspecified atom stereocenters. The first-order valence-corrected chi connectivity index (χ1v) is 9.06. The molecule has 0 amide bonds. The van der Waals surface area contributed by atoms with Crippen molar-refractivity contribution in [3.8, 4) is 11.3 Å². The van der Waals surface area contributed by atoms with Gasteiger partial charge in [-0.1, -0.05) is 6.92 Å². The highest BCUT2D eigenvalue weighted by molar-refractivity contribution is 7.99. The van der Waals surface area contributed by atoms with Crippen LogP contribution in [0.4, 0.5) is 26.3 Å². The fourth-order valence-corrected chi connectivity index (χ4v) is 3.73. The van der Waals surface area contributed by atoms with Crippen molar-refractivity contribution in [3.05, 3.63) is 46.9 Å². The van der Waals surface area contributed by atoms with Crippen LogP contribution in [0.5, 0.6) is 0 Å². The number of rotatable bonds is 4. The molecule has 0 saturated heterocycles. The molecule has 0 fully saturated rings. The van der Waals surface area contributed by atoms with E-state index in [9.17, 15) is 26.3 Å². The van der Waals surface area contributed by atoms with Crippen molar-refractivity contribution in [2.45, 2.75) is 30.0 Å². The van der Waals surface area contributed by atoms with Crippen molar-refractivity contribution in [1.29, 1.82) is 0 Å². The van der Waals surface area contributed by atoms with E-state index in [1.165, 1.54) is 15.8 Å². The van der Waals surface area contributed by atoms with Crippen LogP contribution >= 0.6 is 23.3 Å². The fourth-order valence-electron chi connectivity index (χ4n) is 2.10. The Labute approximate surface area is 157 Å². The molecule has 0 bridgehead atoms. The smallest absolute Gasteiger partial charge is 0.228 e. The summed E-state index contributed by atoms with van der Waals surface area (Å²) in [5.41, 5.74) is -2.99. The molecule has 1 aromatic carbocycles. The normalized spacial score (nSPS) is 12.6. The molecule has 12 heteroatoms. The monoisotopic (exact) mass is 424 g/mol. The number of benzene rings is 1. The minimum absolute atomic E-state index is 0.0231. The van der Waals surface area contributed by atoms with Crippen LogP contribution in [0.15, 0.2) is 34.2 Å². The number of halogens is 6. The molecular weight excluding hydrogens is 414 g/mol. The summed E-state index contributed by atoms with van der Waals surface area (Å²) in [5, 5.41) is 5.53. The van der Waals surface area contributed by atoms with Crippen molar-refractivity contribution in [3.63, 3.8) is 0 Å². The summed E-state index contributed by atoms with van der Waals surface area (Å²) in [6.07, 6.45) is -7.72. The minimum atomic E-state index is -4.90. The number of nitrogens with zero attached hydrogens (tertiary/aromatic N) is 4.